The summed E-state index contributed by atoms with van der Waals surface area (Å²) in [5, 5.41) is 23.4. The number of aromatic hydroxyl groups is 1. The molecular weight excluding hydrogens is 378 g/mol. The number of likely N-dealkylation sites (tertiary alicyclic amines) is 1. The summed E-state index contributed by atoms with van der Waals surface area (Å²) in [5.41, 5.74) is 2.63. The van der Waals surface area contributed by atoms with Gasteiger partial charge in [0.05, 0.1) is 11.0 Å². The fraction of sp³-hybridized carbons (Fsp3) is 0.480. The summed E-state index contributed by atoms with van der Waals surface area (Å²) in [4.78, 5) is 16.2. The summed E-state index contributed by atoms with van der Waals surface area (Å²) in [6.07, 6.45) is 2.04. The number of aliphatic hydroxyl groups is 1. The van der Waals surface area contributed by atoms with Crippen LogP contribution in [0.4, 0.5) is 0 Å². The van der Waals surface area contributed by atoms with Gasteiger partial charge >= 0.3 is 0 Å². The molecule has 2 heterocycles. The predicted molar refractivity (Wildman–Crippen MR) is 110 cm³/mol. The molecule has 1 saturated heterocycles. The molecule has 2 N–H and O–H groups in total. The zero-order valence-electron chi connectivity index (χ0n) is 17.0. The molecule has 3 aliphatic carbocycles. The fourth-order valence-corrected chi connectivity index (χ4v) is 7.82. The molecule has 0 radical (unpaired) electrons. The standard InChI is InChI=1S/C25H25NO4/c1-26-9-8-24-20-15-6-7-18(27)22(20)30-23(24)21(28)16-10-13-4-2-3-5-14(13)11-17(16)25(24,29)19(26)12-15/h2-7,16-17,19,23,27,29H,8-12H2,1H3/t16?,17?,19?,23?,24-,25?/m0/s1. The number of carbonyl (C=O) groups excluding carboxylic acids is 1. The second-order valence-electron chi connectivity index (χ2n) is 9.99. The first-order chi connectivity index (χ1) is 14.5. The molecule has 30 heavy (non-hydrogen) atoms. The smallest absolute Gasteiger partial charge is 0.178 e. The lowest BCUT2D eigenvalue weighted by Crippen LogP contribution is -2.81. The highest BCUT2D eigenvalue weighted by Crippen LogP contribution is 2.67. The van der Waals surface area contributed by atoms with Gasteiger partial charge in [0.2, 0.25) is 0 Å². The van der Waals surface area contributed by atoms with Gasteiger partial charge in [0.25, 0.3) is 0 Å². The topological polar surface area (TPSA) is 70.0 Å². The molecule has 2 aliphatic heterocycles. The van der Waals surface area contributed by atoms with E-state index in [-0.39, 0.29) is 29.4 Å². The van der Waals surface area contributed by atoms with Crippen molar-refractivity contribution < 1.29 is 19.7 Å². The third kappa shape index (κ3) is 1.67. The number of ketones is 1. The van der Waals surface area contributed by atoms with Crippen LogP contribution in [0.5, 0.6) is 11.5 Å². The normalized spacial score (nSPS) is 40.3. The second kappa shape index (κ2) is 5.27. The number of hydrogen-bond donors (Lipinski definition) is 2. The van der Waals surface area contributed by atoms with Gasteiger partial charge in [-0.1, -0.05) is 30.3 Å². The molecule has 2 aromatic carbocycles. The minimum Gasteiger partial charge on any atom is -0.504 e. The van der Waals surface area contributed by atoms with Gasteiger partial charge in [0.1, 0.15) is 0 Å². The van der Waals surface area contributed by atoms with Crippen molar-refractivity contribution in [2.24, 2.45) is 11.8 Å². The van der Waals surface area contributed by atoms with E-state index >= 15 is 0 Å². The number of phenolic OH excluding ortho intramolecular Hbond substituents is 1. The highest BCUT2D eigenvalue weighted by atomic mass is 16.5. The first-order valence-corrected chi connectivity index (χ1v) is 11.0. The maximum Gasteiger partial charge on any atom is 0.178 e. The van der Waals surface area contributed by atoms with Crippen molar-refractivity contribution in [1.82, 2.24) is 4.90 Å². The van der Waals surface area contributed by atoms with Gasteiger partial charge in [0.15, 0.2) is 23.4 Å². The quantitative estimate of drug-likeness (QED) is 0.704. The summed E-state index contributed by atoms with van der Waals surface area (Å²) >= 11 is 0. The lowest BCUT2D eigenvalue weighted by molar-refractivity contribution is -0.221. The van der Waals surface area contributed by atoms with Crippen LogP contribution >= 0.6 is 0 Å². The number of benzene rings is 2. The van der Waals surface area contributed by atoms with Gasteiger partial charge in [-0.15, -0.1) is 0 Å². The number of Topliss-reactive ketones (excluding diaryl/α,β-unsaturated/α-hetero) is 1. The molecule has 0 amide bonds. The molecule has 1 spiro atoms. The average Bonchev–Trinajstić information content (AvgIpc) is 3.11. The van der Waals surface area contributed by atoms with Gasteiger partial charge in [-0.05, 0) is 62.0 Å². The first-order valence-electron chi connectivity index (χ1n) is 11.0. The molecule has 5 unspecified atom stereocenters. The Hall–Kier alpha value is -2.37. The van der Waals surface area contributed by atoms with Crippen LogP contribution in [0.1, 0.15) is 28.7 Å². The van der Waals surface area contributed by atoms with Crippen LogP contribution in [0.15, 0.2) is 36.4 Å². The summed E-state index contributed by atoms with van der Waals surface area (Å²) < 4.78 is 6.28. The van der Waals surface area contributed by atoms with Gasteiger partial charge in [-0.2, -0.15) is 0 Å². The number of piperidine rings is 1. The number of phenols is 1. The molecule has 2 bridgehead atoms. The van der Waals surface area contributed by atoms with Crippen molar-refractivity contribution in [2.75, 3.05) is 13.6 Å². The molecule has 154 valence electrons. The number of carbonyl (C=O) groups is 1. The maximum atomic E-state index is 13.9. The van der Waals surface area contributed by atoms with Crippen molar-refractivity contribution in [3.8, 4) is 11.5 Å². The number of nitrogens with zero attached hydrogens (tertiary/aromatic N) is 1. The molecule has 5 nitrogen and oxygen atoms in total. The van der Waals surface area contributed by atoms with E-state index in [4.69, 9.17) is 4.74 Å². The van der Waals surface area contributed by atoms with E-state index in [9.17, 15) is 15.0 Å². The van der Waals surface area contributed by atoms with Crippen LogP contribution in [0, 0.1) is 11.8 Å². The second-order valence-corrected chi connectivity index (χ2v) is 9.99. The summed E-state index contributed by atoms with van der Waals surface area (Å²) in [6, 6.07) is 11.9. The van der Waals surface area contributed by atoms with E-state index in [0.717, 1.165) is 17.7 Å². The monoisotopic (exact) mass is 403 g/mol. The lowest BCUT2D eigenvalue weighted by atomic mass is 9.42. The Morgan fingerprint density at radius 1 is 1.07 bits per heavy atom. The van der Waals surface area contributed by atoms with Crippen molar-refractivity contribution in [1.29, 1.82) is 0 Å². The molecule has 6 atom stereocenters. The Morgan fingerprint density at radius 3 is 2.63 bits per heavy atom. The van der Waals surface area contributed by atoms with Gasteiger partial charge in [-0.3, -0.25) is 4.79 Å². The fourth-order valence-electron chi connectivity index (χ4n) is 7.82. The van der Waals surface area contributed by atoms with Gasteiger partial charge in [0, 0.05) is 23.4 Å². The van der Waals surface area contributed by atoms with E-state index in [1.165, 1.54) is 11.1 Å². The van der Waals surface area contributed by atoms with Crippen molar-refractivity contribution in [2.45, 2.75) is 48.8 Å². The van der Waals surface area contributed by atoms with Crippen molar-refractivity contribution >= 4 is 5.78 Å². The summed E-state index contributed by atoms with van der Waals surface area (Å²) in [7, 11) is 2.09. The van der Waals surface area contributed by atoms with Crippen LogP contribution in [-0.4, -0.2) is 52.2 Å². The molecular formula is C25H25NO4. The Balaban J connectivity index is 1.53. The van der Waals surface area contributed by atoms with Crippen molar-refractivity contribution in [3.05, 3.63) is 58.7 Å². The van der Waals surface area contributed by atoms with E-state index in [1.54, 1.807) is 6.07 Å². The van der Waals surface area contributed by atoms with Crippen LogP contribution in [0.25, 0.3) is 0 Å². The zero-order chi connectivity index (χ0) is 20.4. The summed E-state index contributed by atoms with van der Waals surface area (Å²) in [6.45, 7) is 0.808. The lowest BCUT2D eigenvalue weighted by Gasteiger charge is -2.66. The van der Waals surface area contributed by atoms with Crippen LogP contribution in [-0.2, 0) is 29.5 Å². The maximum absolute atomic E-state index is 13.9. The molecule has 2 aromatic rings. The molecule has 5 heteroatoms. The number of fused-ring (bicyclic) bond motifs is 2. The molecule has 1 saturated carbocycles. The molecule has 2 fully saturated rings. The van der Waals surface area contributed by atoms with Gasteiger partial charge < -0.3 is 19.8 Å². The van der Waals surface area contributed by atoms with Gasteiger partial charge in [-0.25, -0.2) is 0 Å². The average molecular weight is 403 g/mol. The Labute approximate surface area is 175 Å². The zero-order valence-corrected chi connectivity index (χ0v) is 17.0. The van der Waals surface area contributed by atoms with Crippen molar-refractivity contribution in [3.63, 3.8) is 0 Å². The Bertz CT molecular complexity index is 1130. The highest BCUT2D eigenvalue weighted by Gasteiger charge is 2.77. The minimum absolute atomic E-state index is 0.0637. The van der Waals surface area contributed by atoms with E-state index in [0.29, 0.717) is 31.4 Å². The Morgan fingerprint density at radius 2 is 1.83 bits per heavy atom. The SMILES string of the molecule is CN1CC[C@]23c4c5ccc(O)c4OC2C(=O)C2Cc4ccccc4CC2C3(O)C1C5. The highest BCUT2D eigenvalue weighted by molar-refractivity contribution is 5.93. The molecule has 7 rings (SSSR count). The Kier molecular flexibility index (Phi) is 3.04. The van der Waals surface area contributed by atoms with E-state index in [1.807, 2.05) is 18.2 Å². The first kappa shape index (κ1) is 17.3. The molecule has 5 aliphatic rings. The number of rotatable bonds is 0. The molecule has 0 aromatic heterocycles. The third-order valence-corrected chi connectivity index (χ3v) is 9.05. The van der Waals surface area contributed by atoms with Crippen LogP contribution in [0.2, 0.25) is 0 Å². The van der Waals surface area contributed by atoms with E-state index in [2.05, 4.69) is 24.1 Å². The third-order valence-electron chi connectivity index (χ3n) is 9.05. The minimum atomic E-state index is -1.07. The van der Waals surface area contributed by atoms with Crippen LogP contribution < -0.4 is 4.74 Å². The number of ether oxygens (including phenoxy) is 1. The number of likely N-dealkylation sites (N-methyl/N-ethyl adjacent to an activating group) is 1. The number of hydrogen-bond acceptors (Lipinski definition) is 5. The predicted octanol–water partition coefficient (Wildman–Crippen LogP) is 2.00. The van der Waals surface area contributed by atoms with Crippen LogP contribution in [0.3, 0.4) is 0 Å². The largest absolute Gasteiger partial charge is 0.504 e. The summed E-state index contributed by atoms with van der Waals surface area (Å²) in [5.74, 6) is 0.217. The van der Waals surface area contributed by atoms with E-state index < -0.39 is 17.1 Å².